The van der Waals surface area contributed by atoms with Crippen molar-refractivity contribution in [3.05, 3.63) is 113 Å². The first-order valence-electron chi connectivity index (χ1n) is 16.2. The Morgan fingerprint density at radius 1 is 0.638 bits per heavy atom. The Balaban J connectivity index is 1.74. The van der Waals surface area contributed by atoms with E-state index in [9.17, 15) is 25.5 Å². The van der Waals surface area contributed by atoms with Crippen LogP contribution in [0.2, 0.25) is 0 Å². The Labute approximate surface area is 278 Å². The second kappa shape index (κ2) is 17.7. The number of hydrogen-bond acceptors (Lipinski definition) is 9. The molecular weight excluding hydrogens is 594 g/mol. The van der Waals surface area contributed by atoms with Gasteiger partial charge in [0.2, 0.25) is 0 Å². The van der Waals surface area contributed by atoms with Crippen molar-refractivity contribution in [2.24, 2.45) is 0 Å². The number of aliphatic hydroxyl groups is 5. The van der Waals surface area contributed by atoms with Crippen molar-refractivity contribution in [1.29, 1.82) is 0 Å². The van der Waals surface area contributed by atoms with Gasteiger partial charge in [0.25, 0.3) is 0 Å². The van der Waals surface area contributed by atoms with Gasteiger partial charge in [-0.1, -0.05) is 24.3 Å². The maximum absolute atomic E-state index is 9.88. The van der Waals surface area contributed by atoms with Gasteiger partial charge in [0.05, 0.1) is 45.7 Å². The number of anilines is 4. The first-order valence-corrected chi connectivity index (χ1v) is 16.2. The highest BCUT2D eigenvalue weighted by Crippen LogP contribution is 2.39. The molecule has 0 radical (unpaired) electrons. The summed E-state index contributed by atoms with van der Waals surface area (Å²) in [5, 5.41) is 52.1. The van der Waals surface area contributed by atoms with Gasteiger partial charge in [0, 0.05) is 48.3 Å². The van der Waals surface area contributed by atoms with Gasteiger partial charge in [-0.25, -0.2) is 0 Å². The molecule has 1 atom stereocenters. The molecule has 4 aromatic rings. The third-order valence-electron chi connectivity index (χ3n) is 8.47. The average molecular weight is 644 g/mol. The summed E-state index contributed by atoms with van der Waals surface area (Å²) < 4.78 is 5.57. The SMILES string of the molecule is CCOc1ccc(Nc2ccc(C(c3ccc(N(CCO)CCO)cc3C)c3ccc(N(CCO)C(CO)CO)cc3C)cc2)cc1. The second-order valence-electron chi connectivity index (χ2n) is 11.6. The molecule has 0 aromatic heterocycles. The molecule has 0 aliphatic heterocycles. The van der Waals surface area contributed by atoms with Crippen LogP contribution in [0.4, 0.5) is 22.7 Å². The van der Waals surface area contributed by atoms with E-state index in [2.05, 4.69) is 61.6 Å². The molecule has 0 bridgehead atoms. The van der Waals surface area contributed by atoms with Crippen LogP contribution in [0.25, 0.3) is 0 Å². The fourth-order valence-corrected chi connectivity index (χ4v) is 6.09. The molecule has 0 fully saturated rings. The van der Waals surface area contributed by atoms with Gasteiger partial charge in [0.1, 0.15) is 5.75 Å². The predicted molar refractivity (Wildman–Crippen MR) is 189 cm³/mol. The number of benzene rings is 4. The summed E-state index contributed by atoms with van der Waals surface area (Å²) in [6.07, 6.45) is 0. The minimum absolute atomic E-state index is 0.00721. The first kappa shape index (κ1) is 35.7. The topological polar surface area (TPSA) is 129 Å². The third kappa shape index (κ3) is 9.03. The van der Waals surface area contributed by atoms with Crippen LogP contribution in [0.5, 0.6) is 5.75 Å². The zero-order valence-electron chi connectivity index (χ0n) is 27.6. The van der Waals surface area contributed by atoms with Gasteiger partial charge < -0.3 is 45.4 Å². The van der Waals surface area contributed by atoms with E-state index in [0.29, 0.717) is 19.7 Å². The molecule has 47 heavy (non-hydrogen) atoms. The van der Waals surface area contributed by atoms with E-state index >= 15 is 0 Å². The van der Waals surface area contributed by atoms with E-state index < -0.39 is 6.04 Å². The third-order valence-corrected chi connectivity index (χ3v) is 8.47. The Morgan fingerprint density at radius 3 is 1.64 bits per heavy atom. The lowest BCUT2D eigenvalue weighted by atomic mass is 9.81. The number of rotatable bonds is 18. The summed E-state index contributed by atoms with van der Waals surface area (Å²) in [5.41, 5.74) is 9.12. The van der Waals surface area contributed by atoms with E-state index in [1.165, 1.54) is 0 Å². The van der Waals surface area contributed by atoms with Crippen molar-refractivity contribution >= 4 is 22.7 Å². The van der Waals surface area contributed by atoms with Crippen LogP contribution in [0, 0.1) is 13.8 Å². The zero-order valence-corrected chi connectivity index (χ0v) is 27.6. The summed E-state index contributed by atoms with van der Waals surface area (Å²) in [6, 6.07) is 28.2. The number of aryl methyl sites for hydroxylation is 2. The number of nitrogens with zero attached hydrogens (tertiary/aromatic N) is 2. The summed E-state index contributed by atoms with van der Waals surface area (Å²) in [7, 11) is 0. The van der Waals surface area contributed by atoms with E-state index in [4.69, 9.17) is 4.74 Å². The minimum Gasteiger partial charge on any atom is -0.494 e. The van der Waals surface area contributed by atoms with E-state index in [-0.39, 0.29) is 45.5 Å². The summed E-state index contributed by atoms with van der Waals surface area (Å²) >= 11 is 0. The average Bonchev–Trinajstić information content (AvgIpc) is 3.08. The molecule has 0 amide bonds. The van der Waals surface area contributed by atoms with Crippen LogP contribution in [-0.2, 0) is 0 Å². The Hall–Kier alpha value is -4.12. The van der Waals surface area contributed by atoms with Gasteiger partial charge in [-0.05, 0) is 109 Å². The number of hydrogen-bond donors (Lipinski definition) is 6. The molecule has 0 aliphatic carbocycles. The van der Waals surface area contributed by atoms with Crippen molar-refractivity contribution in [2.45, 2.75) is 32.7 Å². The van der Waals surface area contributed by atoms with Crippen LogP contribution in [0.3, 0.4) is 0 Å². The summed E-state index contributed by atoms with van der Waals surface area (Å²) in [5.74, 6) is 0.720. The first-order chi connectivity index (χ1) is 22.9. The fourth-order valence-electron chi connectivity index (χ4n) is 6.09. The van der Waals surface area contributed by atoms with Crippen molar-refractivity contribution in [3.63, 3.8) is 0 Å². The van der Waals surface area contributed by atoms with Gasteiger partial charge in [-0.15, -0.1) is 0 Å². The second-order valence-corrected chi connectivity index (χ2v) is 11.6. The molecule has 1 unspecified atom stereocenters. The molecule has 4 rings (SSSR count). The highest BCUT2D eigenvalue weighted by Gasteiger charge is 2.24. The Morgan fingerprint density at radius 2 is 1.15 bits per heavy atom. The van der Waals surface area contributed by atoms with Gasteiger partial charge in [-0.2, -0.15) is 0 Å². The fraction of sp³-hybridized carbons (Fsp3) is 0.368. The standard InChI is InChI=1S/C38H49N3O6/c1-4-47-35-13-9-31(10-14-35)39-30-7-5-29(6-8-30)38(36-15-11-32(23-27(36)2)40(17-20-42)18-21-43)37-16-12-33(24-28(37)3)41(19-22-44)34(25-45)26-46/h5-16,23-24,34,38-39,42-46H,4,17-22,25-26H2,1-3H3. The Bertz CT molecular complexity index is 1520. The maximum Gasteiger partial charge on any atom is 0.119 e. The molecule has 0 heterocycles. The summed E-state index contributed by atoms with van der Waals surface area (Å²) in [6.45, 7) is 7.30. The van der Waals surface area contributed by atoms with Crippen molar-refractivity contribution in [1.82, 2.24) is 0 Å². The smallest absolute Gasteiger partial charge is 0.119 e. The highest BCUT2D eigenvalue weighted by molar-refractivity contribution is 5.63. The molecule has 0 aliphatic rings. The van der Waals surface area contributed by atoms with E-state index in [0.717, 1.165) is 56.3 Å². The number of aliphatic hydroxyl groups excluding tert-OH is 5. The normalized spacial score (nSPS) is 11.9. The molecule has 9 nitrogen and oxygen atoms in total. The quantitative estimate of drug-likeness (QED) is 0.0865. The van der Waals surface area contributed by atoms with Crippen LogP contribution in [0.1, 0.15) is 40.7 Å². The number of ether oxygens (including phenoxy) is 1. The van der Waals surface area contributed by atoms with Crippen molar-refractivity contribution < 1.29 is 30.3 Å². The molecule has 0 spiro atoms. The van der Waals surface area contributed by atoms with Gasteiger partial charge >= 0.3 is 0 Å². The molecule has 6 N–H and O–H groups in total. The van der Waals surface area contributed by atoms with Crippen molar-refractivity contribution in [3.8, 4) is 5.75 Å². The molecule has 252 valence electrons. The van der Waals surface area contributed by atoms with Crippen LogP contribution < -0.4 is 19.9 Å². The lowest BCUT2D eigenvalue weighted by Gasteiger charge is -2.32. The van der Waals surface area contributed by atoms with Crippen LogP contribution in [-0.4, -0.2) is 90.9 Å². The lowest BCUT2D eigenvalue weighted by molar-refractivity contribution is 0.182. The van der Waals surface area contributed by atoms with Crippen LogP contribution in [0.15, 0.2) is 84.9 Å². The largest absolute Gasteiger partial charge is 0.494 e. The van der Waals surface area contributed by atoms with Crippen molar-refractivity contribution in [2.75, 3.05) is 74.4 Å². The van der Waals surface area contributed by atoms with Gasteiger partial charge in [0.15, 0.2) is 0 Å². The Kier molecular flexibility index (Phi) is 13.5. The van der Waals surface area contributed by atoms with Gasteiger partial charge in [-0.3, -0.25) is 0 Å². The molecular formula is C38H49N3O6. The zero-order chi connectivity index (χ0) is 33.8. The molecule has 9 heteroatoms. The van der Waals surface area contributed by atoms with E-state index in [1.54, 1.807) is 0 Å². The molecule has 0 saturated carbocycles. The monoisotopic (exact) mass is 643 g/mol. The number of nitrogens with one attached hydrogen (secondary N) is 1. The highest BCUT2D eigenvalue weighted by atomic mass is 16.5. The molecule has 0 saturated heterocycles. The molecule has 4 aromatic carbocycles. The summed E-state index contributed by atoms with van der Waals surface area (Å²) in [4.78, 5) is 3.81. The maximum atomic E-state index is 9.88. The van der Waals surface area contributed by atoms with E-state index in [1.807, 2.05) is 59.2 Å². The minimum atomic E-state index is -0.519. The predicted octanol–water partition coefficient (Wildman–Crippen LogP) is 4.57. The van der Waals surface area contributed by atoms with Crippen LogP contribution >= 0.6 is 0 Å². The lowest BCUT2D eigenvalue weighted by Crippen LogP contribution is -2.42.